The molecule has 1 N–H and O–H groups in total. The molecule has 2 rings (SSSR count). The van der Waals surface area contributed by atoms with E-state index < -0.39 is 0 Å². The first-order chi connectivity index (χ1) is 8.70. The molecule has 5 nitrogen and oxygen atoms in total. The summed E-state index contributed by atoms with van der Waals surface area (Å²) in [4.78, 5) is 20.8. The SMILES string of the molecule is CNc1cccc(C(=O)N2CCCN(C)CC2)n1. The number of anilines is 1. The van der Waals surface area contributed by atoms with E-state index in [1.807, 2.05) is 17.0 Å². The molecule has 1 aromatic rings. The summed E-state index contributed by atoms with van der Waals surface area (Å²) < 4.78 is 0. The standard InChI is InChI=1S/C13H20N4O/c1-14-12-6-3-5-11(15-12)13(18)17-8-4-7-16(2)9-10-17/h3,5-6H,4,7-10H2,1-2H3,(H,14,15). The van der Waals surface area contributed by atoms with Crippen LogP contribution < -0.4 is 5.32 Å². The third-order valence-electron chi connectivity index (χ3n) is 3.23. The maximum Gasteiger partial charge on any atom is 0.272 e. The zero-order chi connectivity index (χ0) is 13.0. The van der Waals surface area contributed by atoms with E-state index in [0.29, 0.717) is 5.69 Å². The Hall–Kier alpha value is -1.62. The van der Waals surface area contributed by atoms with Gasteiger partial charge in [0.05, 0.1) is 0 Å². The molecule has 1 fully saturated rings. The average Bonchev–Trinajstić information content (AvgIpc) is 2.63. The van der Waals surface area contributed by atoms with Crippen molar-refractivity contribution in [3.05, 3.63) is 23.9 Å². The molecule has 98 valence electrons. The van der Waals surface area contributed by atoms with Crippen molar-refractivity contribution < 1.29 is 4.79 Å². The molecule has 0 unspecified atom stereocenters. The van der Waals surface area contributed by atoms with Gasteiger partial charge in [0.2, 0.25) is 0 Å². The molecule has 0 aromatic carbocycles. The summed E-state index contributed by atoms with van der Waals surface area (Å²) in [7, 11) is 3.89. The average molecular weight is 248 g/mol. The van der Waals surface area contributed by atoms with Gasteiger partial charge in [-0.2, -0.15) is 0 Å². The molecule has 2 heterocycles. The van der Waals surface area contributed by atoms with E-state index in [4.69, 9.17) is 0 Å². The first-order valence-corrected chi connectivity index (χ1v) is 6.33. The molecule has 1 aliphatic heterocycles. The van der Waals surface area contributed by atoms with Gasteiger partial charge in [-0.3, -0.25) is 4.79 Å². The van der Waals surface area contributed by atoms with Gasteiger partial charge in [-0.25, -0.2) is 4.98 Å². The van der Waals surface area contributed by atoms with Gasteiger partial charge in [-0.1, -0.05) is 6.07 Å². The molecule has 0 radical (unpaired) electrons. The minimum atomic E-state index is 0.0300. The number of nitrogens with zero attached hydrogens (tertiary/aromatic N) is 3. The Balaban J connectivity index is 2.09. The van der Waals surface area contributed by atoms with Crippen molar-refractivity contribution in [2.45, 2.75) is 6.42 Å². The zero-order valence-electron chi connectivity index (χ0n) is 11.0. The van der Waals surface area contributed by atoms with E-state index in [-0.39, 0.29) is 5.91 Å². The van der Waals surface area contributed by atoms with Crippen LogP contribution in [0.4, 0.5) is 5.82 Å². The zero-order valence-corrected chi connectivity index (χ0v) is 11.0. The Morgan fingerprint density at radius 3 is 2.89 bits per heavy atom. The summed E-state index contributed by atoms with van der Waals surface area (Å²) in [6.07, 6.45) is 1.02. The van der Waals surface area contributed by atoms with E-state index in [1.54, 1.807) is 13.1 Å². The summed E-state index contributed by atoms with van der Waals surface area (Å²) in [5.74, 6) is 0.759. The minimum absolute atomic E-state index is 0.0300. The van der Waals surface area contributed by atoms with Crippen LogP contribution in [0.25, 0.3) is 0 Å². The maximum absolute atomic E-state index is 12.3. The molecule has 5 heteroatoms. The van der Waals surface area contributed by atoms with Gasteiger partial charge in [-0.15, -0.1) is 0 Å². The van der Waals surface area contributed by atoms with Crippen molar-refractivity contribution >= 4 is 11.7 Å². The fourth-order valence-corrected chi connectivity index (χ4v) is 2.10. The lowest BCUT2D eigenvalue weighted by molar-refractivity contribution is 0.0757. The van der Waals surface area contributed by atoms with Crippen LogP contribution in [-0.2, 0) is 0 Å². The Morgan fingerprint density at radius 2 is 2.11 bits per heavy atom. The number of rotatable bonds is 2. The number of hydrogen-bond acceptors (Lipinski definition) is 4. The van der Waals surface area contributed by atoms with Gasteiger partial charge in [-0.05, 0) is 32.1 Å². The fourth-order valence-electron chi connectivity index (χ4n) is 2.10. The molecular formula is C13H20N4O. The highest BCUT2D eigenvalue weighted by atomic mass is 16.2. The first-order valence-electron chi connectivity index (χ1n) is 6.33. The number of likely N-dealkylation sites (N-methyl/N-ethyl adjacent to an activating group) is 1. The topological polar surface area (TPSA) is 48.5 Å². The normalized spacial score (nSPS) is 17.3. The maximum atomic E-state index is 12.3. The molecule has 18 heavy (non-hydrogen) atoms. The summed E-state index contributed by atoms with van der Waals surface area (Å²) in [6.45, 7) is 3.57. The predicted molar refractivity (Wildman–Crippen MR) is 71.8 cm³/mol. The number of nitrogens with one attached hydrogen (secondary N) is 1. The van der Waals surface area contributed by atoms with Gasteiger partial charge >= 0.3 is 0 Å². The van der Waals surface area contributed by atoms with E-state index in [2.05, 4.69) is 22.2 Å². The monoisotopic (exact) mass is 248 g/mol. The lowest BCUT2D eigenvalue weighted by Gasteiger charge is -2.20. The first kappa shape index (κ1) is 12.8. The Morgan fingerprint density at radius 1 is 1.28 bits per heavy atom. The van der Waals surface area contributed by atoms with Gasteiger partial charge in [0.1, 0.15) is 11.5 Å². The molecule has 0 saturated carbocycles. The molecular weight excluding hydrogens is 228 g/mol. The van der Waals surface area contributed by atoms with Gasteiger partial charge in [0, 0.05) is 26.7 Å². The van der Waals surface area contributed by atoms with Crippen molar-refractivity contribution in [3.63, 3.8) is 0 Å². The van der Waals surface area contributed by atoms with Crippen LogP contribution in [0, 0.1) is 0 Å². The lowest BCUT2D eigenvalue weighted by atomic mass is 10.3. The van der Waals surface area contributed by atoms with Gasteiger partial charge < -0.3 is 15.1 Å². The highest BCUT2D eigenvalue weighted by molar-refractivity contribution is 5.92. The lowest BCUT2D eigenvalue weighted by Crippen LogP contribution is -2.35. The highest BCUT2D eigenvalue weighted by Gasteiger charge is 2.19. The summed E-state index contributed by atoms with van der Waals surface area (Å²) in [5, 5.41) is 2.95. The molecule has 1 amide bonds. The number of pyridine rings is 1. The van der Waals surface area contributed by atoms with Gasteiger partial charge in [0.15, 0.2) is 0 Å². The van der Waals surface area contributed by atoms with Crippen molar-refractivity contribution in [2.75, 3.05) is 45.6 Å². The molecule has 0 atom stereocenters. The predicted octanol–water partition coefficient (Wildman–Crippen LogP) is 0.901. The smallest absolute Gasteiger partial charge is 0.272 e. The van der Waals surface area contributed by atoms with Crippen LogP contribution in [0.15, 0.2) is 18.2 Å². The Labute approximate surface area is 108 Å². The van der Waals surface area contributed by atoms with Crippen LogP contribution in [0.3, 0.4) is 0 Å². The van der Waals surface area contributed by atoms with Crippen LogP contribution >= 0.6 is 0 Å². The minimum Gasteiger partial charge on any atom is -0.373 e. The molecule has 1 aliphatic rings. The summed E-state index contributed by atoms with van der Waals surface area (Å²) >= 11 is 0. The van der Waals surface area contributed by atoms with Crippen LogP contribution in [0.1, 0.15) is 16.9 Å². The largest absolute Gasteiger partial charge is 0.373 e. The number of amides is 1. The number of aromatic nitrogens is 1. The van der Waals surface area contributed by atoms with Crippen LogP contribution in [-0.4, -0.2) is 61.0 Å². The Kier molecular flexibility index (Phi) is 4.15. The fraction of sp³-hybridized carbons (Fsp3) is 0.538. The van der Waals surface area contributed by atoms with Crippen molar-refractivity contribution in [3.8, 4) is 0 Å². The third-order valence-corrected chi connectivity index (χ3v) is 3.23. The second-order valence-corrected chi connectivity index (χ2v) is 4.61. The molecule has 1 saturated heterocycles. The number of carbonyl (C=O) groups excluding carboxylic acids is 1. The summed E-state index contributed by atoms with van der Waals surface area (Å²) in [5.41, 5.74) is 0.520. The summed E-state index contributed by atoms with van der Waals surface area (Å²) in [6, 6.07) is 5.49. The van der Waals surface area contributed by atoms with E-state index in [9.17, 15) is 4.79 Å². The highest BCUT2D eigenvalue weighted by Crippen LogP contribution is 2.09. The van der Waals surface area contributed by atoms with E-state index in [0.717, 1.165) is 38.4 Å². The van der Waals surface area contributed by atoms with E-state index in [1.165, 1.54) is 0 Å². The molecule has 1 aromatic heterocycles. The number of carbonyl (C=O) groups is 1. The van der Waals surface area contributed by atoms with Crippen molar-refractivity contribution in [1.29, 1.82) is 0 Å². The second-order valence-electron chi connectivity index (χ2n) is 4.61. The van der Waals surface area contributed by atoms with Crippen molar-refractivity contribution in [2.24, 2.45) is 0 Å². The molecule has 0 bridgehead atoms. The number of hydrogen-bond donors (Lipinski definition) is 1. The second kappa shape index (κ2) is 5.82. The van der Waals surface area contributed by atoms with Crippen LogP contribution in [0.2, 0.25) is 0 Å². The van der Waals surface area contributed by atoms with Crippen molar-refractivity contribution in [1.82, 2.24) is 14.8 Å². The van der Waals surface area contributed by atoms with Crippen LogP contribution in [0.5, 0.6) is 0 Å². The third kappa shape index (κ3) is 2.98. The van der Waals surface area contributed by atoms with E-state index >= 15 is 0 Å². The Bertz CT molecular complexity index is 421. The molecule has 0 spiro atoms. The van der Waals surface area contributed by atoms with Gasteiger partial charge in [0.25, 0.3) is 5.91 Å². The molecule has 0 aliphatic carbocycles. The quantitative estimate of drug-likeness (QED) is 0.845.